The van der Waals surface area contributed by atoms with Crippen LogP contribution in [0.3, 0.4) is 0 Å². The molecule has 3 aromatic rings. The van der Waals surface area contributed by atoms with Gasteiger partial charge in [0, 0.05) is 49.0 Å². The fourth-order valence-corrected chi connectivity index (χ4v) is 7.47. The monoisotopic (exact) mass is 563 g/mol. The van der Waals surface area contributed by atoms with Crippen LogP contribution < -0.4 is 10.1 Å². The maximum absolute atomic E-state index is 13.3. The van der Waals surface area contributed by atoms with Crippen molar-refractivity contribution in [2.45, 2.75) is 46.8 Å². The van der Waals surface area contributed by atoms with E-state index in [1.807, 2.05) is 24.3 Å². The van der Waals surface area contributed by atoms with E-state index >= 15 is 0 Å². The first kappa shape index (κ1) is 27.1. The van der Waals surface area contributed by atoms with Gasteiger partial charge < -0.3 is 24.9 Å². The number of nitrogens with one attached hydrogen (secondary N) is 2. The van der Waals surface area contributed by atoms with Crippen LogP contribution in [0.1, 0.15) is 19.3 Å². The lowest BCUT2D eigenvalue weighted by Crippen LogP contribution is -2.47. The van der Waals surface area contributed by atoms with Crippen LogP contribution in [0.4, 0.5) is 0 Å². The molecule has 2 unspecified atom stereocenters. The lowest BCUT2D eigenvalue weighted by atomic mass is 9.88. The number of sulfone groups is 1. The van der Waals surface area contributed by atoms with Crippen molar-refractivity contribution in [2.75, 3.05) is 39.1 Å². The molecule has 0 bridgehead atoms. The summed E-state index contributed by atoms with van der Waals surface area (Å²) < 4.78 is 63.3. The van der Waals surface area contributed by atoms with E-state index in [1.165, 1.54) is 16.4 Å². The highest BCUT2D eigenvalue weighted by atomic mass is 32.2. The topological polar surface area (TPSA) is 138 Å². The number of H-pyrrole nitrogens is 1. The van der Waals surface area contributed by atoms with Gasteiger partial charge in [-0.2, -0.15) is 4.31 Å². The molecule has 0 amide bonds. The number of sulfonamides is 1. The maximum Gasteiger partial charge on any atom is 0.245 e. The Kier molecular flexibility index (Phi) is 7.55. The molecule has 2 aliphatic heterocycles. The second-order valence-corrected chi connectivity index (χ2v) is 14.0. The summed E-state index contributed by atoms with van der Waals surface area (Å²) >= 11 is 0. The number of ether oxygens (including phenoxy) is 2. The lowest BCUT2D eigenvalue weighted by molar-refractivity contribution is -0.0312. The molecule has 2 aromatic carbocycles. The first-order valence-corrected chi connectivity index (χ1v) is 15.9. The molecule has 10 nitrogen and oxygen atoms in total. The van der Waals surface area contributed by atoms with Gasteiger partial charge in [-0.05, 0) is 43.5 Å². The molecule has 206 valence electrons. The summed E-state index contributed by atoms with van der Waals surface area (Å²) in [6, 6.07) is 13.6. The summed E-state index contributed by atoms with van der Waals surface area (Å²) in [7, 11) is -6.95. The van der Waals surface area contributed by atoms with Gasteiger partial charge in [-0.15, -0.1) is 0 Å². The van der Waals surface area contributed by atoms with Gasteiger partial charge in [-0.1, -0.05) is 24.3 Å². The highest BCUT2D eigenvalue weighted by Gasteiger charge is 2.45. The van der Waals surface area contributed by atoms with Gasteiger partial charge in [-0.25, -0.2) is 16.8 Å². The molecule has 0 aliphatic carbocycles. The van der Waals surface area contributed by atoms with Crippen LogP contribution >= 0.6 is 0 Å². The molecule has 0 saturated carbocycles. The second kappa shape index (κ2) is 10.6. The first-order chi connectivity index (χ1) is 18.1. The van der Waals surface area contributed by atoms with Gasteiger partial charge in [0.25, 0.3) is 0 Å². The number of aliphatic hydroxyl groups is 1. The highest BCUT2D eigenvalue weighted by Crippen LogP contribution is 2.38. The van der Waals surface area contributed by atoms with Crippen molar-refractivity contribution in [1.29, 1.82) is 0 Å². The summed E-state index contributed by atoms with van der Waals surface area (Å²) in [4.78, 5) is 3.51. The standard InChI is InChI=1S/C26H33N3O7S2/c1-37(31,32)22-6-4-5-21(13-22)35-18-20(30)15-27-19-14-26(36-17-19)9-11-29(12-10-26)38(33,34)25-16-28-24-8-3-2-7-23(24)25/h2-8,13,16,19-20,27-28,30H,9-12,14-15,17-18H2,1H3. The van der Waals surface area contributed by atoms with Crippen LogP contribution in [0.5, 0.6) is 5.75 Å². The molecule has 2 saturated heterocycles. The zero-order valence-corrected chi connectivity index (χ0v) is 22.8. The minimum atomic E-state index is -3.62. The SMILES string of the molecule is CS(=O)(=O)c1cccc(OCC(O)CNC2COC3(CCN(S(=O)(=O)c4c[nH]c5ccccc45)CC3)C2)c1. The van der Waals surface area contributed by atoms with E-state index in [0.29, 0.717) is 48.6 Å². The van der Waals surface area contributed by atoms with Gasteiger partial charge in [0.15, 0.2) is 9.84 Å². The third-order valence-corrected chi connectivity index (χ3v) is 10.4. The van der Waals surface area contributed by atoms with Crippen molar-refractivity contribution >= 4 is 30.8 Å². The van der Waals surface area contributed by atoms with Crippen LogP contribution in [0.25, 0.3) is 10.9 Å². The maximum atomic E-state index is 13.3. The Balaban J connectivity index is 1.10. The van der Waals surface area contributed by atoms with Crippen molar-refractivity contribution in [2.24, 2.45) is 0 Å². The molecule has 5 rings (SSSR count). The zero-order valence-electron chi connectivity index (χ0n) is 21.2. The lowest BCUT2D eigenvalue weighted by Gasteiger charge is -2.38. The Hall–Kier alpha value is -2.48. The number of aliphatic hydroxyl groups excluding tert-OH is 1. The van der Waals surface area contributed by atoms with Crippen molar-refractivity contribution in [3.05, 3.63) is 54.7 Å². The smallest absolute Gasteiger partial charge is 0.245 e. The van der Waals surface area contributed by atoms with Gasteiger partial charge in [0.05, 0.1) is 17.1 Å². The van der Waals surface area contributed by atoms with Gasteiger partial charge in [0.2, 0.25) is 10.0 Å². The van der Waals surface area contributed by atoms with E-state index in [0.717, 1.165) is 18.2 Å². The van der Waals surface area contributed by atoms with E-state index in [1.54, 1.807) is 18.3 Å². The van der Waals surface area contributed by atoms with Gasteiger partial charge >= 0.3 is 0 Å². The van der Waals surface area contributed by atoms with E-state index in [2.05, 4.69) is 10.3 Å². The molecule has 12 heteroatoms. The number of hydrogen-bond acceptors (Lipinski definition) is 8. The molecule has 0 radical (unpaired) electrons. The molecule has 3 N–H and O–H groups in total. The van der Waals surface area contributed by atoms with Crippen LogP contribution in [0.15, 0.2) is 64.5 Å². The molecule has 2 aliphatic rings. The average Bonchev–Trinajstić information content (AvgIpc) is 3.51. The Bertz CT molecular complexity index is 1500. The fraction of sp³-hybridized carbons (Fsp3) is 0.462. The molecular weight excluding hydrogens is 530 g/mol. The Labute approximate surface area is 222 Å². The van der Waals surface area contributed by atoms with E-state index in [-0.39, 0.29) is 29.7 Å². The van der Waals surface area contributed by atoms with Crippen LogP contribution in [0, 0.1) is 0 Å². The molecular formula is C26H33N3O7S2. The minimum absolute atomic E-state index is 0.0135. The number of fused-ring (bicyclic) bond motifs is 1. The average molecular weight is 564 g/mol. The summed E-state index contributed by atoms with van der Waals surface area (Å²) in [5.74, 6) is 0.379. The van der Waals surface area contributed by atoms with Gasteiger partial charge in [0.1, 0.15) is 23.4 Å². The summed E-state index contributed by atoms with van der Waals surface area (Å²) in [5, 5.41) is 14.4. The number of benzene rings is 2. The molecule has 2 atom stereocenters. The first-order valence-electron chi connectivity index (χ1n) is 12.6. The highest BCUT2D eigenvalue weighted by molar-refractivity contribution is 7.90. The third kappa shape index (κ3) is 5.75. The summed E-state index contributed by atoms with van der Waals surface area (Å²) in [6.45, 7) is 1.56. The number of rotatable bonds is 9. The number of piperidine rings is 1. The Morgan fingerprint density at radius 2 is 1.92 bits per heavy atom. The van der Waals surface area contributed by atoms with Crippen molar-refractivity contribution in [3.8, 4) is 5.75 Å². The number of aromatic amines is 1. The quantitative estimate of drug-likeness (QED) is 0.359. The number of aromatic nitrogens is 1. The Morgan fingerprint density at radius 3 is 2.68 bits per heavy atom. The normalized spacial score (nSPS) is 21.2. The second-order valence-electron chi connectivity index (χ2n) is 10.1. The van der Waals surface area contributed by atoms with E-state index in [4.69, 9.17) is 9.47 Å². The van der Waals surface area contributed by atoms with E-state index < -0.39 is 26.0 Å². The van der Waals surface area contributed by atoms with Gasteiger partial charge in [-0.3, -0.25) is 0 Å². The number of nitrogens with zero attached hydrogens (tertiary/aromatic N) is 1. The molecule has 1 aromatic heterocycles. The van der Waals surface area contributed by atoms with E-state index in [9.17, 15) is 21.9 Å². The molecule has 1 spiro atoms. The molecule has 2 fully saturated rings. The van der Waals surface area contributed by atoms with Crippen molar-refractivity contribution < 1.29 is 31.4 Å². The van der Waals surface area contributed by atoms with Crippen molar-refractivity contribution in [3.63, 3.8) is 0 Å². The summed E-state index contributed by atoms with van der Waals surface area (Å²) in [6.07, 6.45) is 3.85. The minimum Gasteiger partial charge on any atom is -0.491 e. The van der Waals surface area contributed by atoms with Crippen LogP contribution in [-0.2, 0) is 24.6 Å². The predicted molar refractivity (Wildman–Crippen MR) is 142 cm³/mol. The number of para-hydroxylation sites is 1. The zero-order chi connectivity index (χ0) is 27.0. The molecule has 38 heavy (non-hydrogen) atoms. The summed E-state index contributed by atoms with van der Waals surface area (Å²) in [5.41, 5.74) is 0.417. The Morgan fingerprint density at radius 1 is 1.16 bits per heavy atom. The third-order valence-electron chi connectivity index (χ3n) is 7.33. The largest absolute Gasteiger partial charge is 0.491 e. The number of hydrogen-bond donors (Lipinski definition) is 3. The van der Waals surface area contributed by atoms with Crippen molar-refractivity contribution in [1.82, 2.24) is 14.6 Å². The molecule has 3 heterocycles. The predicted octanol–water partition coefficient (Wildman–Crippen LogP) is 1.91. The van der Waals surface area contributed by atoms with Crippen LogP contribution in [-0.4, -0.2) is 88.1 Å². The van der Waals surface area contributed by atoms with Crippen LogP contribution in [0.2, 0.25) is 0 Å². The fourth-order valence-electron chi connectivity index (χ4n) is 5.20.